The number of hydrogen-bond acceptors (Lipinski definition) is 5. The van der Waals surface area contributed by atoms with E-state index in [9.17, 15) is 9.59 Å². The van der Waals surface area contributed by atoms with Crippen LogP contribution in [0.3, 0.4) is 0 Å². The summed E-state index contributed by atoms with van der Waals surface area (Å²) >= 11 is 8.05. The van der Waals surface area contributed by atoms with E-state index in [2.05, 4.69) is 4.37 Å². The van der Waals surface area contributed by atoms with Crippen molar-refractivity contribution in [2.45, 2.75) is 64.0 Å². The Morgan fingerprint density at radius 3 is 2.70 bits per heavy atom. The highest BCUT2D eigenvalue weighted by Crippen LogP contribution is 2.42. The Labute approximate surface area is 204 Å². The quantitative estimate of drug-likeness (QED) is 0.575. The molecule has 1 saturated heterocycles. The van der Waals surface area contributed by atoms with Crippen LogP contribution in [0.15, 0.2) is 23.6 Å². The Hall–Kier alpha value is -2.12. The van der Waals surface area contributed by atoms with Crippen molar-refractivity contribution in [2.24, 2.45) is 5.92 Å². The molecular formula is C25H30ClN3O3S. The van der Waals surface area contributed by atoms with Crippen LogP contribution < -0.4 is 4.74 Å². The second kappa shape index (κ2) is 10.0. The zero-order valence-corrected chi connectivity index (χ0v) is 20.4. The third kappa shape index (κ3) is 4.76. The number of amides is 2. The average Bonchev–Trinajstić information content (AvgIpc) is 3.51. The number of nitrogens with zero attached hydrogens (tertiary/aromatic N) is 3. The van der Waals surface area contributed by atoms with Crippen LogP contribution in [0.4, 0.5) is 0 Å². The Morgan fingerprint density at radius 2 is 1.97 bits per heavy atom. The number of fused-ring (bicyclic) bond motifs is 1. The van der Waals surface area contributed by atoms with Crippen molar-refractivity contribution >= 4 is 34.9 Å². The lowest BCUT2D eigenvalue weighted by atomic mass is 9.85. The number of likely N-dealkylation sites (tertiary alicyclic amines) is 1. The van der Waals surface area contributed by atoms with Crippen molar-refractivity contribution in [2.75, 3.05) is 19.6 Å². The molecule has 1 atom stereocenters. The third-order valence-corrected chi connectivity index (χ3v) is 8.19. The minimum atomic E-state index is -0.241. The van der Waals surface area contributed by atoms with Gasteiger partial charge in [-0.1, -0.05) is 30.9 Å². The van der Waals surface area contributed by atoms with Gasteiger partial charge in [0.1, 0.15) is 12.4 Å². The summed E-state index contributed by atoms with van der Waals surface area (Å²) in [5.74, 6) is 1.21. The molecule has 1 saturated carbocycles. The SMILES string of the molecule is O=C1CCCN1C[C@@H]1c2c(OCc3ccsn3)ccc(Cl)c2CCN1C(=O)C1CCCCC1. The molecule has 2 aliphatic heterocycles. The molecule has 1 aliphatic carbocycles. The molecule has 33 heavy (non-hydrogen) atoms. The average molecular weight is 488 g/mol. The maximum absolute atomic E-state index is 13.7. The van der Waals surface area contributed by atoms with Gasteiger partial charge in [0.25, 0.3) is 0 Å². The van der Waals surface area contributed by atoms with E-state index in [1.165, 1.54) is 18.0 Å². The number of carbonyl (C=O) groups is 2. The fourth-order valence-electron chi connectivity index (χ4n) is 5.51. The van der Waals surface area contributed by atoms with Crippen LogP contribution in [-0.2, 0) is 22.6 Å². The summed E-state index contributed by atoms with van der Waals surface area (Å²) in [7, 11) is 0. The Morgan fingerprint density at radius 1 is 1.12 bits per heavy atom. The van der Waals surface area contributed by atoms with Crippen molar-refractivity contribution in [3.8, 4) is 5.75 Å². The molecule has 1 aromatic carbocycles. The van der Waals surface area contributed by atoms with Gasteiger partial charge >= 0.3 is 0 Å². The molecule has 2 aromatic rings. The van der Waals surface area contributed by atoms with E-state index >= 15 is 0 Å². The summed E-state index contributed by atoms with van der Waals surface area (Å²) in [6.45, 7) is 2.23. The van der Waals surface area contributed by atoms with Gasteiger partial charge in [-0.15, -0.1) is 0 Å². The molecule has 3 heterocycles. The number of hydrogen-bond donors (Lipinski definition) is 0. The van der Waals surface area contributed by atoms with E-state index in [0.29, 0.717) is 37.6 Å². The summed E-state index contributed by atoms with van der Waals surface area (Å²) in [5.41, 5.74) is 2.88. The van der Waals surface area contributed by atoms with Crippen molar-refractivity contribution in [1.82, 2.24) is 14.2 Å². The number of halogens is 1. The normalized spacial score (nSPS) is 21.4. The van der Waals surface area contributed by atoms with Crippen molar-refractivity contribution < 1.29 is 14.3 Å². The molecular weight excluding hydrogens is 458 g/mol. The van der Waals surface area contributed by atoms with Gasteiger partial charge in [-0.2, -0.15) is 4.37 Å². The Bertz CT molecular complexity index is 1010. The molecule has 6 nitrogen and oxygen atoms in total. The molecule has 0 N–H and O–H groups in total. The van der Waals surface area contributed by atoms with Crippen LogP contribution in [0.2, 0.25) is 5.02 Å². The molecule has 5 rings (SSSR count). The zero-order valence-electron chi connectivity index (χ0n) is 18.8. The fraction of sp³-hybridized carbons (Fsp3) is 0.560. The molecule has 0 bridgehead atoms. The fourth-order valence-corrected chi connectivity index (χ4v) is 6.30. The third-order valence-electron chi connectivity index (χ3n) is 7.24. The summed E-state index contributed by atoms with van der Waals surface area (Å²) in [5, 5.41) is 2.64. The number of aromatic nitrogens is 1. The maximum atomic E-state index is 13.7. The lowest BCUT2D eigenvalue weighted by Gasteiger charge is -2.42. The molecule has 0 radical (unpaired) electrons. The highest BCUT2D eigenvalue weighted by atomic mass is 35.5. The summed E-state index contributed by atoms with van der Waals surface area (Å²) in [6.07, 6.45) is 7.51. The van der Waals surface area contributed by atoms with Gasteiger partial charge in [-0.3, -0.25) is 9.59 Å². The first-order chi connectivity index (χ1) is 16.1. The van der Waals surface area contributed by atoms with Crippen LogP contribution in [-0.4, -0.2) is 45.6 Å². The van der Waals surface area contributed by atoms with E-state index in [4.69, 9.17) is 16.3 Å². The van der Waals surface area contributed by atoms with Crippen LogP contribution in [0.25, 0.3) is 0 Å². The lowest BCUT2D eigenvalue weighted by Crippen LogP contribution is -2.48. The molecule has 0 unspecified atom stereocenters. The first-order valence-corrected chi connectivity index (χ1v) is 13.2. The van der Waals surface area contributed by atoms with E-state index in [1.54, 1.807) is 0 Å². The Kier molecular flexibility index (Phi) is 6.88. The minimum absolute atomic E-state index is 0.0793. The van der Waals surface area contributed by atoms with Crippen molar-refractivity contribution in [3.63, 3.8) is 0 Å². The lowest BCUT2D eigenvalue weighted by molar-refractivity contribution is -0.141. The molecule has 176 valence electrons. The van der Waals surface area contributed by atoms with Gasteiger partial charge in [0, 0.05) is 47.9 Å². The zero-order chi connectivity index (χ0) is 22.8. The Balaban J connectivity index is 1.49. The van der Waals surface area contributed by atoms with E-state index in [0.717, 1.165) is 61.2 Å². The van der Waals surface area contributed by atoms with Gasteiger partial charge in [-0.25, -0.2) is 0 Å². The van der Waals surface area contributed by atoms with E-state index in [-0.39, 0.29) is 23.8 Å². The number of benzene rings is 1. The molecule has 0 spiro atoms. The maximum Gasteiger partial charge on any atom is 0.226 e. The van der Waals surface area contributed by atoms with E-state index < -0.39 is 0 Å². The number of rotatable bonds is 6. The highest BCUT2D eigenvalue weighted by Gasteiger charge is 2.39. The van der Waals surface area contributed by atoms with Gasteiger partial charge in [0.15, 0.2) is 0 Å². The van der Waals surface area contributed by atoms with E-state index in [1.807, 2.05) is 33.4 Å². The molecule has 1 aromatic heterocycles. The topological polar surface area (TPSA) is 62.7 Å². The molecule has 2 amide bonds. The standard InChI is InChI=1S/C25H30ClN3O3S/c26-20-8-9-22(32-16-18-11-14-33-27-18)24-19(20)10-13-29(25(31)17-5-2-1-3-6-17)21(24)15-28-12-4-7-23(28)30/h8-9,11,14,17,21H,1-7,10,12-13,15-16H2/t21-/m1/s1. The second-order valence-electron chi connectivity index (χ2n) is 9.29. The molecule has 3 aliphatic rings. The smallest absolute Gasteiger partial charge is 0.226 e. The van der Waals surface area contributed by atoms with Crippen LogP contribution in [0, 0.1) is 5.92 Å². The van der Waals surface area contributed by atoms with Crippen molar-refractivity contribution in [3.05, 3.63) is 45.4 Å². The largest absolute Gasteiger partial charge is 0.487 e. The van der Waals surface area contributed by atoms with Gasteiger partial charge in [-0.05, 0) is 61.0 Å². The van der Waals surface area contributed by atoms with Crippen LogP contribution in [0.1, 0.15) is 67.8 Å². The predicted octanol–water partition coefficient (Wildman–Crippen LogP) is 5.00. The highest BCUT2D eigenvalue weighted by molar-refractivity contribution is 7.03. The van der Waals surface area contributed by atoms with Crippen LogP contribution >= 0.6 is 23.1 Å². The predicted molar refractivity (Wildman–Crippen MR) is 128 cm³/mol. The number of ether oxygens (including phenoxy) is 1. The first-order valence-electron chi connectivity index (χ1n) is 12.0. The summed E-state index contributed by atoms with van der Waals surface area (Å²) < 4.78 is 10.6. The molecule has 2 fully saturated rings. The number of carbonyl (C=O) groups excluding carboxylic acids is 2. The second-order valence-corrected chi connectivity index (χ2v) is 10.4. The van der Waals surface area contributed by atoms with Gasteiger partial charge in [0.2, 0.25) is 11.8 Å². The van der Waals surface area contributed by atoms with Gasteiger partial charge < -0.3 is 14.5 Å². The van der Waals surface area contributed by atoms with Crippen LogP contribution in [0.5, 0.6) is 5.75 Å². The van der Waals surface area contributed by atoms with Crippen molar-refractivity contribution in [1.29, 1.82) is 0 Å². The first kappa shape index (κ1) is 22.7. The van der Waals surface area contributed by atoms with Gasteiger partial charge in [0.05, 0.1) is 11.7 Å². The summed E-state index contributed by atoms with van der Waals surface area (Å²) in [4.78, 5) is 30.2. The minimum Gasteiger partial charge on any atom is -0.487 e. The molecule has 8 heteroatoms. The monoisotopic (exact) mass is 487 g/mol. The summed E-state index contributed by atoms with van der Waals surface area (Å²) in [6, 6.07) is 5.50.